The Morgan fingerprint density at radius 3 is 2.81 bits per heavy atom. The van der Waals surface area contributed by atoms with Gasteiger partial charge in [-0.15, -0.1) is 0 Å². The summed E-state index contributed by atoms with van der Waals surface area (Å²) in [7, 11) is 0. The van der Waals surface area contributed by atoms with Crippen molar-refractivity contribution in [2.45, 2.75) is 63.9 Å². The second-order valence-electron chi connectivity index (χ2n) is 4.77. The maximum Gasteiger partial charge on any atom is 0.226 e. The van der Waals surface area contributed by atoms with Crippen LogP contribution in [-0.2, 0) is 6.42 Å². The Hall–Kier alpha value is -0.900. The second-order valence-corrected chi connectivity index (χ2v) is 4.77. The molecule has 1 N–H and O–H groups in total. The highest BCUT2D eigenvalue weighted by molar-refractivity contribution is 4.97. The van der Waals surface area contributed by atoms with Crippen molar-refractivity contribution in [3.63, 3.8) is 0 Å². The normalized spacial score (nSPS) is 19.9. The molecule has 1 aliphatic rings. The first-order valence-corrected chi connectivity index (χ1v) is 6.26. The molecule has 0 radical (unpaired) electrons. The summed E-state index contributed by atoms with van der Waals surface area (Å²) < 4.78 is 5.20. The molecule has 0 spiro atoms. The third-order valence-corrected chi connectivity index (χ3v) is 3.23. The van der Waals surface area contributed by atoms with Gasteiger partial charge < -0.3 is 9.63 Å². The fourth-order valence-electron chi connectivity index (χ4n) is 2.23. The van der Waals surface area contributed by atoms with E-state index in [0.717, 1.165) is 5.82 Å². The number of rotatable bonds is 4. The van der Waals surface area contributed by atoms with E-state index in [-0.39, 0.29) is 6.10 Å². The molecule has 1 unspecified atom stereocenters. The lowest BCUT2D eigenvalue weighted by Crippen LogP contribution is -2.06. The van der Waals surface area contributed by atoms with Crippen LogP contribution < -0.4 is 0 Å². The van der Waals surface area contributed by atoms with E-state index in [2.05, 4.69) is 10.1 Å². The smallest absolute Gasteiger partial charge is 0.226 e. The Balaban J connectivity index is 1.90. The standard InChI is InChI=1S/C12H20N2O2/c1-9(15)7-8-11-13-12(14-16-11)10-5-3-2-4-6-10/h9-10,15H,2-8H2,1H3. The summed E-state index contributed by atoms with van der Waals surface area (Å²) in [5, 5.41) is 13.2. The van der Waals surface area contributed by atoms with E-state index in [1.165, 1.54) is 32.1 Å². The zero-order valence-electron chi connectivity index (χ0n) is 9.85. The van der Waals surface area contributed by atoms with Crippen molar-refractivity contribution in [3.05, 3.63) is 11.7 Å². The molecule has 1 aromatic rings. The molecule has 4 heteroatoms. The van der Waals surface area contributed by atoms with E-state index in [1.54, 1.807) is 6.92 Å². The zero-order chi connectivity index (χ0) is 11.4. The SMILES string of the molecule is CC(O)CCc1nc(C2CCCCC2)no1. The van der Waals surface area contributed by atoms with Crippen LogP contribution in [0.5, 0.6) is 0 Å². The Morgan fingerprint density at radius 2 is 2.12 bits per heavy atom. The number of hydrogen-bond acceptors (Lipinski definition) is 4. The van der Waals surface area contributed by atoms with Crippen LogP contribution in [0.2, 0.25) is 0 Å². The zero-order valence-corrected chi connectivity index (χ0v) is 9.85. The van der Waals surface area contributed by atoms with Gasteiger partial charge in [-0.2, -0.15) is 4.98 Å². The number of aromatic nitrogens is 2. The third-order valence-electron chi connectivity index (χ3n) is 3.23. The van der Waals surface area contributed by atoms with Crippen LogP contribution in [0.1, 0.15) is 63.1 Å². The van der Waals surface area contributed by atoms with Crippen LogP contribution in [0.25, 0.3) is 0 Å². The van der Waals surface area contributed by atoms with Gasteiger partial charge >= 0.3 is 0 Å². The van der Waals surface area contributed by atoms with Crippen molar-refractivity contribution >= 4 is 0 Å². The van der Waals surface area contributed by atoms with Gasteiger partial charge in [-0.1, -0.05) is 24.4 Å². The maximum absolute atomic E-state index is 9.18. The molecule has 0 amide bonds. The van der Waals surface area contributed by atoms with Crippen LogP contribution in [0.15, 0.2) is 4.52 Å². The summed E-state index contributed by atoms with van der Waals surface area (Å²) >= 11 is 0. The first-order valence-electron chi connectivity index (χ1n) is 6.26. The highest BCUT2D eigenvalue weighted by atomic mass is 16.5. The van der Waals surface area contributed by atoms with E-state index in [0.29, 0.717) is 24.7 Å². The molecular formula is C12H20N2O2. The fourth-order valence-corrected chi connectivity index (χ4v) is 2.23. The van der Waals surface area contributed by atoms with E-state index in [4.69, 9.17) is 4.52 Å². The molecule has 1 saturated carbocycles. The Morgan fingerprint density at radius 1 is 1.38 bits per heavy atom. The highest BCUT2D eigenvalue weighted by Crippen LogP contribution is 2.30. The minimum atomic E-state index is -0.301. The van der Waals surface area contributed by atoms with Crippen molar-refractivity contribution < 1.29 is 9.63 Å². The van der Waals surface area contributed by atoms with Gasteiger partial charge in [0.25, 0.3) is 0 Å². The molecule has 1 aliphatic carbocycles. The van der Waals surface area contributed by atoms with Crippen molar-refractivity contribution in [1.82, 2.24) is 10.1 Å². The van der Waals surface area contributed by atoms with Crippen molar-refractivity contribution in [3.8, 4) is 0 Å². The van der Waals surface area contributed by atoms with E-state index in [9.17, 15) is 5.11 Å². The number of aliphatic hydroxyl groups is 1. The van der Waals surface area contributed by atoms with E-state index in [1.807, 2.05) is 0 Å². The molecule has 1 atom stereocenters. The molecule has 1 aromatic heterocycles. The van der Waals surface area contributed by atoms with Crippen molar-refractivity contribution in [1.29, 1.82) is 0 Å². The van der Waals surface area contributed by atoms with Gasteiger partial charge in [0.05, 0.1) is 6.10 Å². The molecule has 0 aliphatic heterocycles. The summed E-state index contributed by atoms with van der Waals surface area (Å²) in [4.78, 5) is 4.42. The lowest BCUT2D eigenvalue weighted by Gasteiger charge is -2.17. The van der Waals surface area contributed by atoms with Crippen LogP contribution in [0.4, 0.5) is 0 Å². The fraction of sp³-hybridized carbons (Fsp3) is 0.833. The Bertz CT molecular complexity index is 317. The minimum Gasteiger partial charge on any atom is -0.393 e. The van der Waals surface area contributed by atoms with Crippen molar-refractivity contribution in [2.75, 3.05) is 0 Å². The predicted molar refractivity (Wildman–Crippen MR) is 60.1 cm³/mol. The van der Waals surface area contributed by atoms with Gasteiger partial charge in [0, 0.05) is 12.3 Å². The molecule has 0 saturated heterocycles. The van der Waals surface area contributed by atoms with Gasteiger partial charge in [-0.25, -0.2) is 0 Å². The molecule has 1 fully saturated rings. The molecule has 16 heavy (non-hydrogen) atoms. The summed E-state index contributed by atoms with van der Waals surface area (Å²) in [5.74, 6) is 2.04. The van der Waals surface area contributed by atoms with Crippen LogP contribution in [0.3, 0.4) is 0 Å². The van der Waals surface area contributed by atoms with Gasteiger partial charge in [0.1, 0.15) is 0 Å². The predicted octanol–water partition coefficient (Wildman–Crippen LogP) is 2.43. The quantitative estimate of drug-likeness (QED) is 0.853. The summed E-state index contributed by atoms with van der Waals surface area (Å²) in [6.07, 6.45) is 7.34. The number of nitrogens with zero attached hydrogens (tertiary/aromatic N) is 2. The summed E-state index contributed by atoms with van der Waals surface area (Å²) in [6, 6.07) is 0. The molecule has 90 valence electrons. The minimum absolute atomic E-state index is 0.301. The lowest BCUT2D eigenvalue weighted by atomic mass is 9.89. The number of aliphatic hydroxyl groups excluding tert-OH is 1. The first kappa shape index (κ1) is 11.6. The average Bonchev–Trinajstić information content (AvgIpc) is 2.76. The van der Waals surface area contributed by atoms with Gasteiger partial charge in [-0.05, 0) is 26.2 Å². The average molecular weight is 224 g/mol. The van der Waals surface area contributed by atoms with Gasteiger partial charge in [-0.3, -0.25) is 0 Å². The summed E-state index contributed by atoms with van der Waals surface area (Å²) in [5.41, 5.74) is 0. The Kier molecular flexibility index (Phi) is 3.93. The molecule has 1 heterocycles. The van der Waals surface area contributed by atoms with Crippen LogP contribution in [-0.4, -0.2) is 21.4 Å². The molecule has 0 bridgehead atoms. The second kappa shape index (κ2) is 5.43. The third kappa shape index (κ3) is 3.04. The number of hydrogen-bond donors (Lipinski definition) is 1. The highest BCUT2D eigenvalue weighted by Gasteiger charge is 2.20. The number of aryl methyl sites for hydroxylation is 1. The lowest BCUT2D eigenvalue weighted by molar-refractivity contribution is 0.180. The van der Waals surface area contributed by atoms with Crippen LogP contribution in [0, 0.1) is 0 Å². The van der Waals surface area contributed by atoms with Crippen molar-refractivity contribution in [2.24, 2.45) is 0 Å². The molecule has 2 rings (SSSR count). The van der Waals surface area contributed by atoms with E-state index >= 15 is 0 Å². The Labute approximate surface area is 96.1 Å². The molecule has 4 nitrogen and oxygen atoms in total. The maximum atomic E-state index is 9.18. The monoisotopic (exact) mass is 224 g/mol. The topological polar surface area (TPSA) is 59.2 Å². The van der Waals surface area contributed by atoms with Gasteiger partial charge in [0.2, 0.25) is 5.89 Å². The largest absolute Gasteiger partial charge is 0.393 e. The summed E-state index contributed by atoms with van der Waals surface area (Å²) in [6.45, 7) is 1.78. The molecule has 0 aromatic carbocycles. The van der Waals surface area contributed by atoms with Crippen LogP contribution >= 0.6 is 0 Å². The van der Waals surface area contributed by atoms with Gasteiger partial charge in [0.15, 0.2) is 5.82 Å². The molecular weight excluding hydrogens is 204 g/mol. The first-order chi connectivity index (χ1) is 7.75. The van der Waals surface area contributed by atoms with E-state index < -0.39 is 0 Å².